The minimum atomic E-state index is -4.29. The number of carbonyl (C=O) groups excluding carboxylic acids is 1. The van der Waals surface area contributed by atoms with E-state index in [9.17, 15) is 32.5 Å². The average Bonchev–Trinajstić information content (AvgIpc) is 3.27. The first-order valence-electron chi connectivity index (χ1n) is 6.40. The van der Waals surface area contributed by atoms with Crippen molar-refractivity contribution in [3.05, 3.63) is 28.4 Å². The molecule has 1 N–H and O–H groups in total. The van der Waals surface area contributed by atoms with Crippen molar-refractivity contribution in [2.24, 2.45) is 5.92 Å². The number of ether oxygens (including phenoxy) is 1. The number of aromatic nitrogens is 1. The Hall–Kier alpha value is -2.46. The van der Waals surface area contributed by atoms with Crippen LogP contribution in [-0.4, -0.2) is 40.8 Å². The minimum Gasteiger partial charge on any atom is -0.471 e. The number of rotatable bonds is 7. The van der Waals surface area contributed by atoms with Crippen LogP contribution < -0.4 is 10.1 Å². The summed E-state index contributed by atoms with van der Waals surface area (Å²) < 4.78 is 53.7. The van der Waals surface area contributed by atoms with Crippen LogP contribution in [0.3, 0.4) is 0 Å². The molecule has 1 heterocycles. The van der Waals surface area contributed by atoms with Gasteiger partial charge in [-0.15, -0.1) is 0 Å². The molecule has 1 aliphatic rings. The summed E-state index contributed by atoms with van der Waals surface area (Å²) in [6.45, 7) is -1.53. The number of alkyl halides is 4. The molecule has 0 aromatic carbocycles. The van der Waals surface area contributed by atoms with Gasteiger partial charge in [0.05, 0.1) is 11.9 Å². The third-order valence-electron chi connectivity index (χ3n) is 3.10. The fourth-order valence-electron chi connectivity index (χ4n) is 1.70. The molecule has 1 aliphatic carbocycles. The second-order valence-corrected chi connectivity index (χ2v) is 4.92. The van der Waals surface area contributed by atoms with Crippen LogP contribution in [0.25, 0.3) is 0 Å². The molecule has 0 bridgehead atoms. The number of halogens is 4. The number of hydrogen-bond acceptors (Lipinski definition) is 5. The summed E-state index contributed by atoms with van der Waals surface area (Å²) in [5.41, 5.74) is 0.178. The lowest BCUT2D eigenvalue weighted by Gasteiger charge is -2.15. The molecule has 23 heavy (non-hydrogen) atoms. The smallest absolute Gasteiger partial charge is 0.340 e. The van der Waals surface area contributed by atoms with Crippen molar-refractivity contribution >= 4 is 11.6 Å². The number of nitrogens with one attached hydrogen (secondary N) is 1. The highest BCUT2D eigenvalue weighted by molar-refractivity contribution is 5.94. The zero-order chi connectivity index (χ0) is 17.2. The normalized spacial score (nSPS) is 20.2. The van der Waals surface area contributed by atoms with Crippen LogP contribution in [0.2, 0.25) is 0 Å². The van der Waals surface area contributed by atoms with Crippen LogP contribution in [0.4, 0.5) is 23.2 Å². The summed E-state index contributed by atoms with van der Waals surface area (Å²) in [5.74, 6) is -5.88. The molecule has 0 spiro atoms. The van der Waals surface area contributed by atoms with Gasteiger partial charge in [-0.05, 0) is 6.07 Å². The first-order valence-corrected chi connectivity index (χ1v) is 6.40. The van der Waals surface area contributed by atoms with Crippen molar-refractivity contribution in [1.29, 1.82) is 0 Å². The standard InChI is InChI=1S/C12H11F4N3O4/c13-11(14)12(15,16)5-23-9-2-1-6(4-17-9)18-10(20)7-3-8(7)19(21)22/h1-2,4,7-8,11H,3,5H2,(H,18,20)/t7-,8+/m0/s1. The highest BCUT2D eigenvalue weighted by Crippen LogP contribution is 2.34. The van der Waals surface area contributed by atoms with Gasteiger partial charge < -0.3 is 10.1 Å². The van der Waals surface area contributed by atoms with Crippen molar-refractivity contribution < 1.29 is 32.0 Å². The van der Waals surface area contributed by atoms with Crippen LogP contribution >= 0.6 is 0 Å². The maximum Gasteiger partial charge on any atom is 0.340 e. The van der Waals surface area contributed by atoms with E-state index in [1.807, 2.05) is 0 Å². The molecule has 1 aromatic heterocycles. The van der Waals surface area contributed by atoms with E-state index in [1.54, 1.807) is 0 Å². The molecule has 11 heteroatoms. The van der Waals surface area contributed by atoms with E-state index in [0.717, 1.165) is 12.3 Å². The highest BCUT2D eigenvalue weighted by atomic mass is 19.3. The van der Waals surface area contributed by atoms with Gasteiger partial charge in [-0.1, -0.05) is 0 Å². The minimum absolute atomic E-state index is 0.149. The number of nitrogens with zero attached hydrogens (tertiary/aromatic N) is 2. The van der Waals surface area contributed by atoms with Crippen molar-refractivity contribution in [3.8, 4) is 5.88 Å². The van der Waals surface area contributed by atoms with Crippen LogP contribution in [0.15, 0.2) is 18.3 Å². The van der Waals surface area contributed by atoms with Crippen LogP contribution in [0.5, 0.6) is 5.88 Å². The van der Waals surface area contributed by atoms with Crippen LogP contribution in [-0.2, 0) is 4.79 Å². The van der Waals surface area contributed by atoms with E-state index >= 15 is 0 Å². The van der Waals surface area contributed by atoms with Gasteiger partial charge in [0, 0.05) is 17.4 Å². The second-order valence-electron chi connectivity index (χ2n) is 4.92. The maximum absolute atomic E-state index is 12.7. The molecule has 1 amide bonds. The Morgan fingerprint density at radius 2 is 2.22 bits per heavy atom. The molecule has 0 aliphatic heterocycles. The molecule has 1 fully saturated rings. The highest BCUT2D eigenvalue weighted by Gasteiger charge is 2.53. The zero-order valence-corrected chi connectivity index (χ0v) is 11.4. The lowest BCUT2D eigenvalue weighted by molar-refractivity contribution is -0.497. The summed E-state index contributed by atoms with van der Waals surface area (Å²) in [5, 5.41) is 12.8. The van der Waals surface area contributed by atoms with E-state index < -0.39 is 41.7 Å². The zero-order valence-electron chi connectivity index (χ0n) is 11.4. The van der Waals surface area contributed by atoms with E-state index in [1.165, 1.54) is 6.07 Å². The first-order chi connectivity index (χ1) is 10.7. The fraction of sp³-hybridized carbons (Fsp3) is 0.500. The molecule has 2 rings (SSSR count). The number of nitro groups is 1. The van der Waals surface area contributed by atoms with Gasteiger partial charge in [0.25, 0.3) is 0 Å². The summed E-state index contributed by atoms with van der Waals surface area (Å²) in [4.78, 5) is 25.1. The van der Waals surface area contributed by atoms with Gasteiger partial charge in [-0.25, -0.2) is 13.8 Å². The largest absolute Gasteiger partial charge is 0.471 e. The molecule has 1 saturated carbocycles. The summed E-state index contributed by atoms with van der Waals surface area (Å²) in [6.07, 6.45) is -2.64. The third kappa shape index (κ3) is 4.27. The average molecular weight is 337 g/mol. The second kappa shape index (κ2) is 6.34. The Labute approximate surface area is 126 Å². The summed E-state index contributed by atoms with van der Waals surface area (Å²) >= 11 is 0. The van der Waals surface area contributed by atoms with Gasteiger partial charge >= 0.3 is 12.3 Å². The van der Waals surface area contributed by atoms with Gasteiger partial charge in [0.1, 0.15) is 5.92 Å². The Balaban J connectivity index is 1.85. The number of pyridine rings is 1. The molecule has 0 saturated heterocycles. The Bertz CT molecular complexity index is 596. The molecule has 7 nitrogen and oxygen atoms in total. The Morgan fingerprint density at radius 3 is 2.70 bits per heavy atom. The Kier molecular flexibility index (Phi) is 4.66. The quantitative estimate of drug-likeness (QED) is 0.466. The number of carbonyl (C=O) groups is 1. The first kappa shape index (κ1) is 16.9. The molecule has 0 unspecified atom stereocenters. The predicted molar refractivity (Wildman–Crippen MR) is 68.2 cm³/mol. The van der Waals surface area contributed by atoms with Crippen molar-refractivity contribution in [3.63, 3.8) is 0 Å². The molecule has 1 aromatic rings. The van der Waals surface area contributed by atoms with Crippen LogP contribution in [0, 0.1) is 16.0 Å². The maximum atomic E-state index is 12.7. The SMILES string of the molecule is O=C(Nc1ccc(OCC(F)(F)C(F)F)nc1)[C@H]1C[C@H]1[N+](=O)[O-]. The van der Waals surface area contributed by atoms with Gasteiger partial charge in [0.2, 0.25) is 17.8 Å². The molecular formula is C12H11F4N3O4. The van der Waals surface area contributed by atoms with E-state index in [2.05, 4.69) is 15.0 Å². The van der Waals surface area contributed by atoms with Gasteiger partial charge in [0.15, 0.2) is 6.61 Å². The lowest BCUT2D eigenvalue weighted by atomic mass is 10.3. The molecule has 126 valence electrons. The van der Waals surface area contributed by atoms with Crippen molar-refractivity contribution in [1.82, 2.24) is 4.98 Å². The van der Waals surface area contributed by atoms with Crippen LogP contribution in [0.1, 0.15) is 6.42 Å². The lowest BCUT2D eigenvalue weighted by Crippen LogP contribution is -2.33. The van der Waals surface area contributed by atoms with E-state index in [4.69, 9.17) is 0 Å². The van der Waals surface area contributed by atoms with E-state index in [-0.39, 0.29) is 18.0 Å². The summed E-state index contributed by atoms with van der Waals surface area (Å²) in [7, 11) is 0. The fourth-order valence-corrected chi connectivity index (χ4v) is 1.70. The summed E-state index contributed by atoms with van der Waals surface area (Å²) in [6, 6.07) is 1.46. The number of hydrogen-bond donors (Lipinski definition) is 1. The predicted octanol–water partition coefficient (Wildman–Crippen LogP) is 1.96. The third-order valence-corrected chi connectivity index (χ3v) is 3.10. The van der Waals surface area contributed by atoms with Crippen molar-refractivity contribution in [2.45, 2.75) is 24.8 Å². The van der Waals surface area contributed by atoms with Crippen molar-refractivity contribution in [2.75, 3.05) is 11.9 Å². The van der Waals surface area contributed by atoms with E-state index in [0.29, 0.717) is 0 Å². The van der Waals surface area contributed by atoms with Gasteiger partial charge in [-0.2, -0.15) is 8.78 Å². The van der Waals surface area contributed by atoms with Gasteiger partial charge in [-0.3, -0.25) is 14.9 Å². The molecular weight excluding hydrogens is 326 g/mol. The molecule has 2 atom stereocenters. The molecule has 0 radical (unpaired) electrons. The number of amides is 1. The Morgan fingerprint density at radius 1 is 1.52 bits per heavy atom. The monoisotopic (exact) mass is 337 g/mol. The topological polar surface area (TPSA) is 94.4 Å². The number of anilines is 1.